The van der Waals surface area contributed by atoms with Gasteiger partial charge in [-0.15, -0.1) is 0 Å². The molecule has 0 saturated carbocycles. The van der Waals surface area contributed by atoms with Gasteiger partial charge in [0.1, 0.15) is 12.3 Å². The van der Waals surface area contributed by atoms with Crippen LogP contribution in [0.3, 0.4) is 0 Å². The Morgan fingerprint density at radius 2 is 2.54 bits per heavy atom. The Bertz CT molecular complexity index is 262. The van der Waals surface area contributed by atoms with E-state index in [1.54, 1.807) is 41.1 Å². The molecular formula is C7H10IN3O2. The van der Waals surface area contributed by atoms with Crippen LogP contribution < -0.4 is 14.6 Å². The van der Waals surface area contributed by atoms with E-state index in [-0.39, 0.29) is 5.91 Å². The van der Waals surface area contributed by atoms with Gasteiger partial charge in [0.05, 0.1) is 28.6 Å². The van der Waals surface area contributed by atoms with Crippen LogP contribution in [-0.4, -0.2) is 23.3 Å². The van der Waals surface area contributed by atoms with Crippen molar-refractivity contribution in [2.45, 2.75) is 12.3 Å². The lowest BCUT2D eigenvalue weighted by Crippen LogP contribution is -2.44. The number of amides is 1. The van der Waals surface area contributed by atoms with E-state index in [1.807, 2.05) is 0 Å². The number of carbonyl (C=O) groups is 1. The molecule has 0 aliphatic carbocycles. The minimum absolute atomic E-state index is 0.178. The van der Waals surface area contributed by atoms with Gasteiger partial charge in [-0.1, -0.05) is 12.2 Å². The third-order valence-corrected chi connectivity index (χ3v) is 2.13. The number of aliphatic hydroxyl groups excluding tert-OH is 1. The Hall–Kier alpha value is -0.600. The number of rotatable bonds is 2. The first-order valence-electron chi connectivity index (χ1n) is 3.64. The number of hydrogen-bond acceptors (Lipinski definition) is 4. The molecule has 0 aromatic heterocycles. The number of aliphatic hydroxyl groups is 1. The summed E-state index contributed by atoms with van der Waals surface area (Å²) in [5.74, 6) is -0.178. The van der Waals surface area contributed by atoms with E-state index in [9.17, 15) is 4.79 Å². The quantitative estimate of drug-likeness (QED) is 0.303. The third-order valence-electron chi connectivity index (χ3n) is 1.60. The molecule has 0 saturated heterocycles. The lowest BCUT2D eigenvalue weighted by atomic mass is 10.1. The molecule has 0 aromatic carbocycles. The van der Waals surface area contributed by atoms with Crippen LogP contribution in [0.1, 0.15) is 0 Å². The van der Waals surface area contributed by atoms with E-state index in [2.05, 4.69) is 8.85 Å². The monoisotopic (exact) mass is 295 g/mol. The molecule has 1 aliphatic rings. The topological polar surface area (TPSA) is 87.4 Å². The fraction of sp³-hybridized carbons (Fsp3) is 0.286. The average Bonchev–Trinajstić information content (AvgIpc) is 2.17. The van der Waals surface area contributed by atoms with Gasteiger partial charge in [0, 0.05) is 0 Å². The van der Waals surface area contributed by atoms with Crippen molar-refractivity contribution in [3.63, 3.8) is 0 Å². The molecule has 0 fully saturated rings. The maximum Gasteiger partial charge on any atom is 0.255 e. The Balaban J connectivity index is 2.64. The van der Waals surface area contributed by atoms with Crippen LogP contribution in [0, 0.1) is 0 Å². The van der Waals surface area contributed by atoms with Crippen molar-refractivity contribution in [2.24, 2.45) is 5.73 Å². The largest absolute Gasteiger partial charge is 0.373 e. The first kappa shape index (κ1) is 10.5. The van der Waals surface area contributed by atoms with Crippen LogP contribution >= 0.6 is 22.9 Å². The minimum Gasteiger partial charge on any atom is -0.373 e. The normalized spacial score (nSPS) is 23.0. The van der Waals surface area contributed by atoms with E-state index < -0.39 is 12.3 Å². The van der Waals surface area contributed by atoms with Crippen molar-refractivity contribution in [3.05, 3.63) is 23.9 Å². The van der Waals surface area contributed by atoms with E-state index in [0.717, 1.165) is 0 Å². The fourth-order valence-corrected chi connectivity index (χ4v) is 1.28. The first-order chi connectivity index (χ1) is 6.15. The zero-order valence-corrected chi connectivity index (χ0v) is 8.86. The van der Waals surface area contributed by atoms with Crippen LogP contribution in [0.4, 0.5) is 0 Å². The lowest BCUT2D eigenvalue weighted by molar-refractivity contribution is -0.119. The van der Waals surface area contributed by atoms with Crippen molar-refractivity contribution < 1.29 is 9.90 Å². The number of allylic oxidation sites excluding steroid dienone is 2. The van der Waals surface area contributed by atoms with Crippen LogP contribution in [0.15, 0.2) is 23.9 Å². The molecule has 0 aromatic rings. The summed E-state index contributed by atoms with van der Waals surface area (Å²) >= 11 is 1.75. The van der Waals surface area contributed by atoms with Gasteiger partial charge in [0.2, 0.25) is 0 Å². The van der Waals surface area contributed by atoms with Gasteiger partial charge in [-0.3, -0.25) is 8.32 Å². The number of nitrogens with one attached hydrogen (secondary N) is 2. The molecular weight excluding hydrogens is 285 g/mol. The summed E-state index contributed by atoms with van der Waals surface area (Å²) in [6.45, 7) is 0. The molecule has 6 heteroatoms. The highest BCUT2D eigenvalue weighted by Gasteiger charge is 2.19. The molecule has 0 radical (unpaired) electrons. The molecule has 0 bridgehead atoms. The van der Waals surface area contributed by atoms with Gasteiger partial charge in [0.15, 0.2) is 0 Å². The Labute approximate surface area is 89.6 Å². The molecule has 5 N–H and O–H groups in total. The molecule has 1 rings (SSSR count). The van der Waals surface area contributed by atoms with E-state index >= 15 is 0 Å². The number of dihydropyridines is 1. The average molecular weight is 295 g/mol. The molecule has 2 unspecified atom stereocenters. The summed E-state index contributed by atoms with van der Waals surface area (Å²) in [5, 5.41) is 11.8. The summed E-state index contributed by atoms with van der Waals surface area (Å²) in [5.41, 5.74) is 5.67. The summed E-state index contributed by atoms with van der Waals surface area (Å²) in [6.07, 6.45) is 3.91. The second-order valence-corrected chi connectivity index (χ2v) is 3.07. The Morgan fingerprint density at radius 1 is 1.85 bits per heavy atom. The molecule has 1 aliphatic heterocycles. The Kier molecular flexibility index (Phi) is 3.70. The van der Waals surface area contributed by atoms with Gasteiger partial charge in [-0.25, -0.2) is 0 Å². The summed E-state index contributed by atoms with van der Waals surface area (Å²) in [7, 11) is 0. The van der Waals surface area contributed by atoms with E-state index in [0.29, 0.717) is 5.70 Å². The predicted molar refractivity (Wildman–Crippen MR) is 56.5 cm³/mol. The van der Waals surface area contributed by atoms with Gasteiger partial charge in [-0.05, 0) is 6.08 Å². The van der Waals surface area contributed by atoms with Crippen LogP contribution in [0.5, 0.6) is 0 Å². The summed E-state index contributed by atoms with van der Waals surface area (Å²) in [6, 6.07) is -0.463. The smallest absolute Gasteiger partial charge is 0.255 e. The number of hydrogen-bond donors (Lipinski definition) is 4. The second-order valence-electron chi connectivity index (χ2n) is 2.53. The van der Waals surface area contributed by atoms with Crippen molar-refractivity contribution in [1.29, 1.82) is 0 Å². The first-order valence-corrected chi connectivity index (χ1v) is 4.72. The van der Waals surface area contributed by atoms with Gasteiger partial charge in [0.25, 0.3) is 5.91 Å². The molecule has 1 amide bonds. The minimum atomic E-state index is -1.07. The van der Waals surface area contributed by atoms with Crippen molar-refractivity contribution in [2.75, 3.05) is 0 Å². The predicted octanol–water partition coefficient (Wildman–Crippen LogP) is -0.858. The second kappa shape index (κ2) is 4.58. The van der Waals surface area contributed by atoms with Crippen LogP contribution in [0.2, 0.25) is 0 Å². The third kappa shape index (κ3) is 2.68. The van der Waals surface area contributed by atoms with Crippen molar-refractivity contribution in [1.82, 2.24) is 8.85 Å². The van der Waals surface area contributed by atoms with Crippen LogP contribution in [-0.2, 0) is 4.79 Å². The lowest BCUT2D eigenvalue weighted by Gasteiger charge is -2.21. The van der Waals surface area contributed by atoms with Crippen molar-refractivity contribution >= 4 is 28.8 Å². The molecule has 1 heterocycles. The maximum absolute atomic E-state index is 11.2. The maximum atomic E-state index is 11.2. The summed E-state index contributed by atoms with van der Waals surface area (Å²) in [4.78, 5) is 11.2. The van der Waals surface area contributed by atoms with Crippen molar-refractivity contribution in [3.8, 4) is 0 Å². The highest BCUT2D eigenvalue weighted by Crippen LogP contribution is 2.04. The number of nitrogens with two attached hydrogens (primary N) is 1. The number of carbonyl (C=O) groups excluding carboxylic acids is 1. The molecule has 5 nitrogen and oxygen atoms in total. The fourth-order valence-electron chi connectivity index (χ4n) is 0.942. The molecule has 0 spiro atoms. The zero-order chi connectivity index (χ0) is 9.84. The SMILES string of the molecule is NC(O)C1=CC=CC(C(=O)NI)N1. The number of halogens is 1. The molecule has 2 atom stereocenters. The van der Waals surface area contributed by atoms with Gasteiger partial charge >= 0.3 is 0 Å². The van der Waals surface area contributed by atoms with Gasteiger partial charge in [-0.2, -0.15) is 0 Å². The van der Waals surface area contributed by atoms with E-state index in [4.69, 9.17) is 10.8 Å². The molecule has 13 heavy (non-hydrogen) atoms. The van der Waals surface area contributed by atoms with Gasteiger partial charge < -0.3 is 16.2 Å². The van der Waals surface area contributed by atoms with Crippen LogP contribution in [0.25, 0.3) is 0 Å². The zero-order valence-electron chi connectivity index (χ0n) is 6.70. The Morgan fingerprint density at radius 3 is 3.08 bits per heavy atom. The summed E-state index contributed by atoms with van der Waals surface area (Å²) < 4.78 is 2.46. The van der Waals surface area contributed by atoms with E-state index in [1.165, 1.54) is 0 Å². The standard InChI is InChI=1S/C7H10IN3O2/c8-11-7(13)5-3-1-2-4(10-5)6(9)12/h1-3,5-6,10,12H,9H2,(H,11,13). The molecule has 72 valence electrons. The highest BCUT2D eigenvalue weighted by molar-refractivity contribution is 14.1. The highest BCUT2D eigenvalue weighted by atomic mass is 127.